The smallest absolute Gasteiger partial charge is 0.236 e. The molecular formula is C19H28N2O. The van der Waals surface area contributed by atoms with Gasteiger partial charge in [-0.25, -0.2) is 0 Å². The third-order valence-electron chi connectivity index (χ3n) is 5.35. The summed E-state index contributed by atoms with van der Waals surface area (Å²) in [6, 6.07) is 10.8. The van der Waals surface area contributed by atoms with E-state index in [1.54, 1.807) is 0 Å². The van der Waals surface area contributed by atoms with Gasteiger partial charge >= 0.3 is 0 Å². The molecule has 2 saturated heterocycles. The van der Waals surface area contributed by atoms with Gasteiger partial charge in [0, 0.05) is 13.1 Å². The lowest BCUT2D eigenvalue weighted by atomic mass is 9.89. The summed E-state index contributed by atoms with van der Waals surface area (Å²) in [4.78, 5) is 16.8. The zero-order valence-corrected chi connectivity index (χ0v) is 13.7. The van der Waals surface area contributed by atoms with E-state index in [-0.39, 0.29) is 0 Å². The van der Waals surface area contributed by atoms with E-state index < -0.39 is 0 Å². The Morgan fingerprint density at radius 1 is 1.00 bits per heavy atom. The first kappa shape index (κ1) is 15.5. The molecule has 2 aliphatic rings. The lowest BCUT2D eigenvalue weighted by molar-refractivity contribution is -0.134. The van der Waals surface area contributed by atoms with Crippen molar-refractivity contribution in [2.24, 2.45) is 5.92 Å². The Morgan fingerprint density at radius 3 is 2.27 bits per heavy atom. The van der Waals surface area contributed by atoms with Crippen LogP contribution in [0.1, 0.15) is 44.1 Å². The first-order valence-corrected chi connectivity index (χ1v) is 8.77. The predicted octanol–water partition coefficient (Wildman–Crippen LogP) is 3.12. The van der Waals surface area contributed by atoms with Crippen molar-refractivity contribution < 1.29 is 4.79 Å². The number of hydrogen-bond donors (Lipinski definition) is 0. The topological polar surface area (TPSA) is 23.6 Å². The van der Waals surface area contributed by atoms with Crippen LogP contribution in [0.5, 0.6) is 0 Å². The van der Waals surface area contributed by atoms with Gasteiger partial charge in [0.05, 0.1) is 6.54 Å². The lowest BCUT2D eigenvalue weighted by Gasteiger charge is -2.35. The van der Waals surface area contributed by atoms with E-state index in [9.17, 15) is 4.79 Å². The van der Waals surface area contributed by atoms with Crippen LogP contribution in [0, 0.1) is 5.92 Å². The van der Waals surface area contributed by atoms with E-state index in [0.717, 1.165) is 32.1 Å². The summed E-state index contributed by atoms with van der Waals surface area (Å²) in [5, 5.41) is 0. The maximum absolute atomic E-state index is 12.4. The predicted molar refractivity (Wildman–Crippen MR) is 89.8 cm³/mol. The van der Waals surface area contributed by atoms with Gasteiger partial charge in [-0.05, 0) is 56.2 Å². The zero-order valence-electron chi connectivity index (χ0n) is 13.7. The number of nitrogens with zero attached hydrogens (tertiary/aromatic N) is 2. The van der Waals surface area contributed by atoms with Crippen LogP contribution in [0.25, 0.3) is 0 Å². The Kier molecular flexibility index (Phi) is 5.14. The van der Waals surface area contributed by atoms with Gasteiger partial charge in [-0.2, -0.15) is 0 Å². The second-order valence-electron chi connectivity index (χ2n) is 7.02. The number of piperidine rings is 2. The molecule has 2 fully saturated rings. The Bertz CT molecular complexity index is 471. The van der Waals surface area contributed by atoms with Crippen molar-refractivity contribution in [1.82, 2.24) is 9.80 Å². The fourth-order valence-corrected chi connectivity index (χ4v) is 3.70. The number of amides is 1. The molecule has 0 aliphatic carbocycles. The fourth-order valence-electron chi connectivity index (χ4n) is 3.70. The summed E-state index contributed by atoms with van der Waals surface area (Å²) < 4.78 is 0. The quantitative estimate of drug-likeness (QED) is 0.856. The van der Waals surface area contributed by atoms with Crippen LogP contribution in [0.2, 0.25) is 0 Å². The molecular weight excluding hydrogens is 272 g/mol. The fraction of sp³-hybridized carbons (Fsp3) is 0.632. The van der Waals surface area contributed by atoms with E-state index >= 15 is 0 Å². The minimum Gasteiger partial charge on any atom is -0.342 e. The van der Waals surface area contributed by atoms with Gasteiger partial charge in [-0.1, -0.05) is 37.3 Å². The molecule has 0 N–H and O–H groups in total. The highest BCUT2D eigenvalue weighted by Crippen LogP contribution is 2.27. The minimum absolute atomic E-state index is 0.338. The number of carbonyl (C=O) groups is 1. The van der Waals surface area contributed by atoms with Crippen LogP contribution in [-0.2, 0) is 4.79 Å². The summed E-state index contributed by atoms with van der Waals surface area (Å²) in [6.07, 6.45) is 4.69. The van der Waals surface area contributed by atoms with Crippen LogP contribution < -0.4 is 0 Å². The first-order valence-electron chi connectivity index (χ1n) is 8.77. The summed E-state index contributed by atoms with van der Waals surface area (Å²) >= 11 is 0. The van der Waals surface area contributed by atoms with Crippen LogP contribution in [0.3, 0.4) is 0 Å². The van der Waals surface area contributed by atoms with Crippen LogP contribution in [-0.4, -0.2) is 48.4 Å². The second kappa shape index (κ2) is 7.28. The highest BCUT2D eigenvalue weighted by Gasteiger charge is 2.25. The van der Waals surface area contributed by atoms with E-state index in [2.05, 4.69) is 47.1 Å². The van der Waals surface area contributed by atoms with E-state index in [4.69, 9.17) is 0 Å². The zero-order chi connectivity index (χ0) is 15.4. The van der Waals surface area contributed by atoms with Gasteiger partial charge in [0.2, 0.25) is 5.91 Å². The molecule has 1 aromatic rings. The first-order chi connectivity index (χ1) is 10.7. The molecule has 3 heteroatoms. The highest BCUT2D eigenvalue weighted by molar-refractivity contribution is 5.78. The van der Waals surface area contributed by atoms with Crippen molar-refractivity contribution >= 4 is 5.91 Å². The maximum atomic E-state index is 12.4. The maximum Gasteiger partial charge on any atom is 0.236 e. The van der Waals surface area contributed by atoms with Crippen molar-refractivity contribution in [3.63, 3.8) is 0 Å². The molecule has 1 amide bonds. The van der Waals surface area contributed by atoms with Crippen molar-refractivity contribution in [1.29, 1.82) is 0 Å². The highest BCUT2D eigenvalue weighted by atomic mass is 16.2. The summed E-state index contributed by atoms with van der Waals surface area (Å²) in [6.45, 7) is 6.93. The number of carbonyl (C=O) groups excluding carboxylic acids is 1. The van der Waals surface area contributed by atoms with Gasteiger partial charge in [0.15, 0.2) is 0 Å². The molecule has 3 rings (SSSR count). The average Bonchev–Trinajstić information content (AvgIpc) is 2.57. The van der Waals surface area contributed by atoms with Gasteiger partial charge < -0.3 is 4.90 Å². The molecule has 2 aliphatic heterocycles. The van der Waals surface area contributed by atoms with Gasteiger partial charge in [-0.3, -0.25) is 9.69 Å². The van der Waals surface area contributed by atoms with E-state index in [1.807, 2.05) is 0 Å². The lowest BCUT2D eigenvalue weighted by Crippen LogP contribution is -2.45. The molecule has 0 radical (unpaired) electrons. The average molecular weight is 300 g/mol. The Hall–Kier alpha value is -1.35. The molecule has 0 saturated carbocycles. The number of rotatable bonds is 3. The third kappa shape index (κ3) is 3.89. The normalized spacial score (nSPS) is 22.0. The summed E-state index contributed by atoms with van der Waals surface area (Å²) in [7, 11) is 0. The van der Waals surface area contributed by atoms with E-state index in [0.29, 0.717) is 18.4 Å². The van der Waals surface area contributed by atoms with Crippen LogP contribution in [0.4, 0.5) is 0 Å². The molecule has 1 aromatic carbocycles. The molecule has 0 aromatic heterocycles. The van der Waals surface area contributed by atoms with Gasteiger partial charge in [0.1, 0.15) is 0 Å². The SMILES string of the molecule is CC1CCN(C(=O)CN2CCC(c3ccccc3)CC2)CC1. The summed E-state index contributed by atoms with van der Waals surface area (Å²) in [5.74, 6) is 1.79. The Balaban J connectivity index is 1.45. The van der Waals surface area contributed by atoms with E-state index in [1.165, 1.54) is 31.2 Å². The largest absolute Gasteiger partial charge is 0.342 e. The number of benzene rings is 1. The number of hydrogen-bond acceptors (Lipinski definition) is 2. The third-order valence-corrected chi connectivity index (χ3v) is 5.35. The molecule has 0 unspecified atom stereocenters. The molecule has 22 heavy (non-hydrogen) atoms. The molecule has 3 nitrogen and oxygen atoms in total. The Labute approximate surface area is 134 Å². The molecule has 0 bridgehead atoms. The summed E-state index contributed by atoms with van der Waals surface area (Å²) in [5.41, 5.74) is 1.46. The molecule has 2 heterocycles. The van der Waals surface area contributed by atoms with Crippen LogP contribution >= 0.6 is 0 Å². The van der Waals surface area contributed by atoms with Crippen LogP contribution in [0.15, 0.2) is 30.3 Å². The van der Waals surface area contributed by atoms with Crippen molar-refractivity contribution in [2.75, 3.05) is 32.7 Å². The van der Waals surface area contributed by atoms with Gasteiger partial charge in [-0.15, -0.1) is 0 Å². The minimum atomic E-state index is 0.338. The van der Waals surface area contributed by atoms with Crippen molar-refractivity contribution in [2.45, 2.75) is 38.5 Å². The monoisotopic (exact) mass is 300 g/mol. The van der Waals surface area contributed by atoms with Crippen molar-refractivity contribution in [3.05, 3.63) is 35.9 Å². The molecule has 0 atom stereocenters. The molecule has 0 spiro atoms. The standard InChI is InChI=1S/C19H28N2O/c1-16-7-13-21(14-8-16)19(22)15-20-11-9-18(10-12-20)17-5-3-2-4-6-17/h2-6,16,18H,7-15H2,1H3. The second-order valence-corrected chi connectivity index (χ2v) is 7.02. The molecule has 120 valence electrons. The van der Waals surface area contributed by atoms with Gasteiger partial charge in [0.25, 0.3) is 0 Å². The van der Waals surface area contributed by atoms with Crippen molar-refractivity contribution in [3.8, 4) is 0 Å². The number of likely N-dealkylation sites (tertiary alicyclic amines) is 2. The Morgan fingerprint density at radius 2 is 1.64 bits per heavy atom.